The first-order chi connectivity index (χ1) is 14.4. The Hall–Kier alpha value is -3.28. The summed E-state index contributed by atoms with van der Waals surface area (Å²) in [6.07, 6.45) is 5.31. The number of rotatable bonds is 8. The third-order valence-electron chi connectivity index (χ3n) is 4.82. The Morgan fingerprint density at radius 3 is 2.24 bits per heavy atom. The first-order valence-corrected chi connectivity index (χ1v) is 9.62. The summed E-state index contributed by atoms with van der Waals surface area (Å²) >= 11 is 0. The highest BCUT2D eigenvalue weighted by molar-refractivity contribution is 5.78. The van der Waals surface area contributed by atoms with E-state index >= 15 is 0 Å². The Morgan fingerprint density at radius 1 is 0.862 bits per heavy atom. The predicted molar refractivity (Wildman–Crippen MR) is 113 cm³/mol. The second kappa shape index (κ2) is 9.28. The molecular formula is C24H23N3O2. The van der Waals surface area contributed by atoms with Crippen LogP contribution in [0.25, 0.3) is 22.5 Å². The Kier molecular flexibility index (Phi) is 6.10. The van der Waals surface area contributed by atoms with E-state index in [2.05, 4.69) is 9.97 Å². The Balaban J connectivity index is 1.64. The van der Waals surface area contributed by atoms with Crippen LogP contribution in [0.3, 0.4) is 0 Å². The van der Waals surface area contributed by atoms with Crippen molar-refractivity contribution in [2.24, 2.45) is 0 Å². The highest BCUT2D eigenvalue weighted by atomic mass is 16.5. The van der Waals surface area contributed by atoms with Crippen LogP contribution in [0.2, 0.25) is 0 Å². The summed E-state index contributed by atoms with van der Waals surface area (Å²) in [5.74, 6) is 0. The lowest BCUT2D eigenvalue weighted by atomic mass is 10.1. The van der Waals surface area contributed by atoms with Gasteiger partial charge in [-0.1, -0.05) is 60.7 Å². The Bertz CT molecular complexity index is 1020. The van der Waals surface area contributed by atoms with Gasteiger partial charge in [0.05, 0.1) is 43.6 Å². The van der Waals surface area contributed by atoms with Crippen LogP contribution >= 0.6 is 0 Å². The fraction of sp³-hybridized carbons (Fsp3) is 0.167. The van der Waals surface area contributed by atoms with Crippen LogP contribution in [-0.2, 0) is 11.3 Å². The molecule has 2 aromatic heterocycles. The molecule has 4 rings (SSSR count). The number of aromatic nitrogens is 3. The number of pyridine rings is 1. The summed E-state index contributed by atoms with van der Waals surface area (Å²) in [7, 11) is 0. The van der Waals surface area contributed by atoms with Gasteiger partial charge in [0.25, 0.3) is 0 Å². The minimum atomic E-state index is -0.244. The van der Waals surface area contributed by atoms with Crippen LogP contribution in [0.1, 0.15) is 11.6 Å². The lowest BCUT2D eigenvalue weighted by Gasteiger charge is -2.20. The van der Waals surface area contributed by atoms with E-state index in [0.29, 0.717) is 13.2 Å². The van der Waals surface area contributed by atoms with Gasteiger partial charge in [-0.25, -0.2) is 4.98 Å². The normalized spacial score (nSPS) is 12.0. The highest BCUT2D eigenvalue weighted by Gasteiger charge is 2.20. The van der Waals surface area contributed by atoms with Crippen molar-refractivity contribution in [1.82, 2.24) is 14.5 Å². The largest absolute Gasteiger partial charge is 0.394 e. The van der Waals surface area contributed by atoms with E-state index in [1.165, 1.54) is 0 Å². The first-order valence-electron chi connectivity index (χ1n) is 9.62. The SMILES string of the molecule is OC[C@H](COCc1ccccc1)n1cnc(-c2ccccc2)c1-c1ccncc1. The average Bonchev–Trinajstić information content (AvgIpc) is 3.23. The summed E-state index contributed by atoms with van der Waals surface area (Å²) in [6, 6.07) is 23.8. The zero-order valence-corrected chi connectivity index (χ0v) is 16.1. The number of hydrogen-bond acceptors (Lipinski definition) is 4. The van der Waals surface area contributed by atoms with Gasteiger partial charge in [0.15, 0.2) is 0 Å². The molecule has 29 heavy (non-hydrogen) atoms. The van der Waals surface area contributed by atoms with E-state index in [0.717, 1.165) is 28.1 Å². The van der Waals surface area contributed by atoms with E-state index in [9.17, 15) is 5.11 Å². The second-order valence-electron chi connectivity index (χ2n) is 6.79. The molecule has 1 N–H and O–H groups in total. The summed E-state index contributed by atoms with van der Waals surface area (Å²) in [6.45, 7) is 0.841. The number of hydrogen-bond donors (Lipinski definition) is 1. The van der Waals surface area contributed by atoms with Gasteiger partial charge >= 0.3 is 0 Å². The van der Waals surface area contributed by atoms with Crippen molar-refractivity contribution in [1.29, 1.82) is 0 Å². The van der Waals surface area contributed by atoms with E-state index in [-0.39, 0.29) is 12.6 Å². The van der Waals surface area contributed by atoms with Crippen LogP contribution in [0, 0.1) is 0 Å². The third kappa shape index (κ3) is 4.42. The van der Waals surface area contributed by atoms with Gasteiger partial charge < -0.3 is 14.4 Å². The highest BCUT2D eigenvalue weighted by Crippen LogP contribution is 2.33. The van der Waals surface area contributed by atoms with Crippen molar-refractivity contribution in [3.63, 3.8) is 0 Å². The van der Waals surface area contributed by atoms with E-state index in [1.807, 2.05) is 77.4 Å². The molecule has 2 heterocycles. The fourth-order valence-electron chi connectivity index (χ4n) is 3.35. The van der Waals surface area contributed by atoms with Crippen LogP contribution in [-0.4, -0.2) is 32.9 Å². The van der Waals surface area contributed by atoms with Crippen LogP contribution in [0.4, 0.5) is 0 Å². The molecule has 0 saturated heterocycles. The topological polar surface area (TPSA) is 60.2 Å². The molecule has 5 heteroatoms. The maximum absolute atomic E-state index is 10.1. The minimum Gasteiger partial charge on any atom is -0.394 e. The average molecular weight is 385 g/mol. The van der Waals surface area contributed by atoms with Gasteiger partial charge in [-0.2, -0.15) is 0 Å². The predicted octanol–water partition coefficient (Wildman–Crippen LogP) is 4.36. The first kappa shape index (κ1) is 19.1. The van der Waals surface area contributed by atoms with Gasteiger partial charge in [0.1, 0.15) is 0 Å². The van der Waals surface area contributed by atoms with Crippen LogP contribution in [0.5, 0.6) is 0 Å². The van der Waals surface area contributed by atoms with E-state index < -0.39 is 0 Å². The van der Waals surface area contributed by atoms with E-state index in [4.69, 9.17) is 4.74 Å². The molecule has 0 bridgehead atoms. The van der Waals surface area contributed by atoms with Crippen molar-refractivity contribution < 1.29 is 9.84 Å². The molecule has 0 unspecified atom stereocenters. The van der Waals surface area contributed by atoms with E-state index in [1.54, 1.807) is 18.7 Å². The molecule has 4 aromatic rings. The molecule has 0 fully saturated rings. The molecule has 0 aliphatic carbocycles. The molecule has 0 radical (unpaired) electrons. The Labute approximate surface area is 170 Å². The van der Waals surface area contributed by atoms with Crippen molar-refractivity contribution in [3.8, 4) is 22.5 Å². The molecule has 146 valence electrons. The Morgan fingerprint density at radius 2 is 1.55 bits per heavy atom. The van der Waals surface area contributed by atoms with Gasteiger partial charge in [-0.3, -0.25) is 4.98 Å². The zero-order chi connectivity index (χ0) is 19.9. The molecule has 0 amide bonds. The zero-order valence-electron chi connectivity index (χ0n) is 16.1. The van der Waals surface area contributed by atoms with Crippen LogP contribution in [0.15, 0.2) is 91.5 Å². The number of aliphatic hydroxyl groups excluding tert-OH is 1. The smallest absolute Gasteiger partial charge is 0.0963 e. The van der Waals surface area contributed by atoms with Gasteiger partial charge in [-0.15, -0.1) is 0 Å². The van der Waals surface area contributed by atoms with Crippen molar-refractivity contribution in [2.45, 2.75) is 12.6 Å². The van der Waals surface area contributed by atoms with Crippen LogP contribution < -0.4 is 0 Å². The minimum absolute atomic E-state index is 0.0442. The third-order valence-corrected chi connectivity index (χ3v) is 4.82. The quantitative estimate of drug-likeness (QED) is 0.489. The number of aliphatic hydroxyl groups is 1. The lowest BCUT2D eigenvalue weighted by molar-refractivity contribution is 0.0675. The lowest BCUT2D eigenvalue weighted by Crippen LogP contribution is -2.19. The summed E-state index contributed by atoms with van der Waals surface area (Å²) in [5.41, 5.74) is 4.95. The standard InChI is InChI=1S/C24H23N3O2/c28-15-22(17-29-16-19-7-3-1-4-8-19)27-18-26-23(20-9-5-2-6-10-20)24(27)21-11-13-25-14-12-21/h1-14,18,22,28H,15-17H2/t22-/m1/s1. The molecular weight excluding hydrogens is 362 g/mol. The van der Waals surface area contributed by atoms with Crippen molar-refractivity contribution >= 4 is 0 Å². The summed E-state index contributed by atoms with van der Waals surface area (Å²) < 4.78 is 7.91. The van der Waals surface area contributed by atoms with Gasteiger partial charge in [0.2, 0.25) is 0 Å². The molecule has 5 nitrogen and oxygen atoms in total. The molecule has 0 aliphatic heterocycles. The number of ether oxygens (including phenoxy) is 1. The number of benzene rings is 2. The summed E-state index contributed by atoms with van der Waals surface area (Å²) in [5, 5.41) is 10.1. The molecule has 0 aliphatic rings. The molecule has 2 aromatic carbocycles. The monoisotopic (exact) mass is 385 g/mol. The maximum Gasteiger partial charge on any atom is 0.0963 e. The number of imidazole rings is 1. The van der Waals surface area contributed by atoms with Crippen molar-refractivity contribution in [3.05, 3.63) is 97.1 Å². The maximum atomic E-state index is 10.1. The van der Waals surface area contributed by atoms with Gasteiger partial charge in [0, 0.05) is 23.5 Å². The number of nitrogens with zero attached hydrogens (tertiary/aromatic N) is 3. The molecule has 1 atom stereocenters. The fourth-order valence-corrected chi connectivity index (χ4v) is 3.35. The molecule has 0 saturated carbocycles. The molecule has 0 spiro atoms. The summed E-state index contributed by atoms with van der Waals surface area (Å²) in [4.78, 5) is 8.81. The van der Waals surface area contributed by atoms with Gasteiger partial charge in [-0.05, 0) is 17.7 Å². The van der Waals surface area contributed by atoms with Crippen molar-refractivity contribution in [2.75, 3.05) is 13.2 Å². The second-order valence-corrected chi connectivity index (χ2v) is 6.79.